The zero-order chi connectivity index (χ0) is 13.6. The Labute approximate surface area is 161 Å². The van der Waals surface area contributed by atoms with Crippen LogP contribution in [0, 0.1) is 75.4 Å². The quantitative estimate of drug-likeness (QED) is 0.406. The van der Waals surface area contributed by atoms with E-state index >= 15 is 0 Å². The van der Waals surface area contributed by atoms with Gasteiger partial charge < -0.3 is 0 Å². The minimum absolute atomic E-state index is 0. The molecule has 0 saturated heterocycles. The molecule has 0 amide bonds. The van der Waals surface area contributed by atoms with Crippen LogP contribution in [0.15, 0.2) is 24.3 Å². The van der Waals surface area contributed by atoms with Crippen molar-refractivity contribution in [3.05, 3.63) is 99.7 Å². The summed E-state index contributed by atoms with van der Waals surface area (Å²) in [7, 11) is 0. The molecule has 0 atom stereocenters. The van der Waals surface area contributed by atoms with Gasteiger partial charge in [-0.1, -0.05) is 0 Å². The first-order valence-corrected chi connectivity index (χ1v) is 7.20. The third-order valence-corrected chi connectivity index (χ3v) is 2.76. The Hall–Kier alpha value is 0.882. The SMILES string of the molecule is [CH]1[CH][CH][CH][CH]1.[CH]1[CH][CH][CH][CH]1.[Co].[Co].[Se][C]1[C-]/C=C\CC/C=C\1. The van der Waals surface area contributed by atoms with E-state index in [1.807, 2.05) is 70.3 Å². The van der Waals surface area contributed by atoms with Gasteiger partial charge in [-0.05, 0) is 64.2 Å². The van der Waals surface area contributed by atoms with Gasteiger partial charge in [0.15, 0.2) is 0 Å². The summed E-state index contributed by atoms with van der Waals surface area (Å²) in [6.45, 7) is 0. The van der Waals surface area contributed by atoms with E-state index < -0.39 is 0 Å². The standard InChI is InChI=1S/C8H8Se.2C5H5.2Co/c9-8-6-4-2-1-3-5-7-8;2*1-2-4-5-3-1;;/h2,4-5,7H,1,3H2;2*1-5H;;/q-1;;;;/b4-2-,7-5-;;;;. The van der Waals surface area contributed by atoms with E-state index in [0.29, 0.717) is 0 Å². The van der Waals surface area contributed by atoms with Crippen LogP contribution in [-0.2, 0) is 33.6 Å². The van der Waals surface area contributed by atoms with Gasteiger partial charge >= 0.3 is 64.4 Å². The fourth-order valence-corrected chi connectivity index (χ4v) is 1.64. The van der Waals surface area contributed by atoms with Crippen LogP contribution in [0.25, 0.3) is 0 Å². The molecule has 0 aromatic heterocycles. The summed E-state index contributed by atoms with van der Waals surface area (Å²) < 4.78 is 0. The second-order valence-corrected chi connectivity index (χ2v) is 4.74. The molecule has 115 valence electrons. The molecule has 3 rings (SSSR count). The first-order chi connectivity index (χ1) is 9.39. The third kappa shape index (κ3) is 17.1. The summed E-state index contributed by atoms with van der Waals surface area (Å²) in [5.41, 5.74) is 0. The van der Waals surface area contributed by atoms with E-state index in [2.05, 4.69) is 40.7 Å². The zero-order valence-electron chi connectivity index (χ0n) is 11.6. The Morgan fingerprint density at radius 3 is 1.48 bits per heavy atom. The summed E-state index contributed by atoms with van der Waals surface area (Å²) >= 11 is 2.91. The van der Waals surface area contributed by atoms with Crippen molar-refractivity contribution < 1.29 is 33.6 Å². The molecule has 3 aliphatic carbocycles. The van der Waals surface area contributed by atoms with Crippen molar-refractivity contribution in [2.24, 2.45) is 0 Å². The van der Waals surface area contributed by atoms with Crippen LogP contribution in [0.3, 0.4) is 0 Å². The molecular weight excluding hydrogens is 413 g/mol. The van der Waals surface area contributed by atoms with Crippen molar-refractivity contribution in [2.75, 3.05) is 0 Å². The van der Waals surface area contributed by atoms with Crippen molar-refractivity contribution >= 4 is 16.0 Å². The molecule has 0 aromatic rings. The van der Waals surface area contributed by atoms with Gasteiger partial charge in [0.05, 0.1) is 0 Å². The first kappa shape index (κ1) is 24.1. The predicted molar refractivity (Wildman–Crippen MR) is 82.8 cm³/mol. The van der Waals surface area contributed by atoms with Crippen LogP contribution in [0.5, 0.6) is 0 Å². The van der Waals surface area contributed by atoms with Gasteiger partial charge in [-0.2, -0.15) is 0 Å². The monoisotopic (exact) mass is 432 g/mol. The number of hydrogen-bond acceptors (Lipinski definition) is 0. The molecule has 0 spiro atoms. The predicted octanol–water partition coefficient (Wildman–Crippen LogP) is 3.71. The first-order valence-electron chi connectivity index (χ1n) is 6.35. The van der Waals surface area contributed by atoms with Crippen LogP contribution in [0.2, 0.25) is 0 Å². The number of hydrogen-bond donors (Lipinski definition) is 0. The summed E-state index contributed by atoms with van der Waals surface area (Å²) in [6, 6.07) is 0. The molecule has 0 N–H and O–H groups in total. The summed E-state index contributed by atoms with van der Waals surface area (Å²) in [5.74, 6) is 0. The molecule has 3 aliphatic rings. The molecule has 2 fully saturated rings. The summed E-state index contributed by atoms with van der Waals surface area (Å²) in [6.07, 6.45) is 33.7. The maximum atomic E-state index is 3.08. The molecular formula is C18H18Co2Se-. The maximum absolute atomic E-state index is 3.08. The Balaban J connectivity index is 0. The van der Waals surface area contributed by atoms with Gasteiger partial charge in [0.2, 0.25) is 0 Å². The average molecular weight is 431 g/mol. The summed E-state index contributed by atoms with van der Waals surface area (Å²) in [5, 5.41) is 0. The molecule has 0 heterocycles. The second kappa shape index (κ2) is 18.9. The molecule has 15 radical (unpaired) electrons. The van der Waals surface area contributed by atoms with Gasteiger partial charge in [0.25, 0.3) is 0 Å². The minimum atomic E-state index is 0. The molecule has 0 aromatic carbocycles. The van der Waals surface area contributed by atoms with Crippen molar-refractivity contribution in [3.63, 3.8) is 0 Å². The molecule has 0 aliphatic heterocycles. The fourth-order valence-electron chi connectivity index (χ4n) is 1.30. The Bertz CT molecular complexity index is 218. The van der Waals surface area contributed by atoms with Gasteiger partial charge in [-0.25, -0.2) is 0 Å². The Morgan fingerprint density at radius 2 is 1.05 bits per heavy atom. The van der Waals surface area contributed by atoms with E-state index in [1.54, 1.807) is 0 Å². The van der Waals surface area contributed by atoms with Gasteiger partial charge in [-0.3, -0.25) is 0 Å². The normalized spacial score (nSPS) is 23.3. The molecule has 0 bridgehead atoms. The van der Waals surface area contributed by atoms with E-state index in [-0.39, 0.29) is 33.6 Å². The Morgan fingerprint density at radius 1 is 0.667 bits per heavy atom. The van der Waals surface area contributed by atoms with E-state index in [4.69, 9.17) is 0 Å². The van der Waals surface area contributed by atoms with E-state index in [1.165, 1.54) is 0 Å². The van der Waals surface area contributed by atoms with E-state index in [9.17, 15) is 0 Å². The molecule has 2 saturated carbocycles. The van der Waals surface area contributed by atoms with Crippen molar-refractivity contribution in [1.29, 1.82) is 0 Å². The second-order valence-electron chi connectivity index (χ2n) is 3.82. The van der Waals surface area contributed by atoms with Crippen LogP contribution < -0.4 is 0 Å². The summed E-state index contributed by atoms with van der Waals surface area (Å²) in [4.78, 5) is 1.09. The molecule has 0 unspecified atom stereocenters. The van der Waals surface area contributed by atoms with E-state index in [0.717, 1.165) is 17.7 Å². The number of rotatable bonds is 0. The zero-order valence-corrected chi connectivity index (χ0v) is 15.4. The third-order valence-electron chi connectivity index (χ3n) is 2.22. The number of allylic oxidation sites excluding steroid dienone is 4. The Kier molecular flexibility index (Phi) is 21.8. The van der Waals surface area contributed by atoms with Gasteiger partial charge in [0.1, 0.15) is 0 Å². The molecule has 3 heteroatoms. The van der Waals surface area contributed by atoms with Gasteiger partial charge in [0, 0.05) is 33.6 Å². The van der Waals surface area contributed by atoms with Gasteiger partial charge in [-0.15, -0.1) is 0 Å². The van der Waals surface area contributed by atoms with Crippen molar-refractivity contribution in [1.82, 2.24) is 0 Å². The molecule has 21 heavy (non-hydrogen) atoms. The topological polar surface area (TPSA) is 0 Å². The average Bonchev–Trinajstić information content (AvgIpc) is 3.09. The van der Waals surface area contributed by atoms with Crippen LogP contribution in [0.1, 0.15) is 12.8 Å². The fraction of sp³-hybridized carbons (Fsp3) is 0.111. The van der Waals surface area contributed by atoms with Crippen LogP contribution in [0.4, 0.5) is 0 Å². The van der Waals surface area contributed by atoms with Crippen LogP contribution in [-0.4, -0.2) is 16.0 Å². The molecule has 0 nitrogen and oxygen atoms in total. The van der Waals surface area contributed by atoms with Crippen molar-refractivity contribution in [3.8, 4) is 0 Å². The van der Waals surface area contributed by atoms with Crippen molar-refractivity contribution in [2.45, 2.75) is 12.8 Å². The van der Waals surface area contributed by atoms with Crippen LogP contribution >= 0.6 is 0 Å².